The molecule has 2 unspecified atom stereocenters. The monoisotopic (exact) mass is 292 g/mol. The van der Waals surface area contributed by atoms with Gasteiger partial charge in [0, 0.05) is 18.7 Å². The lowest BCUT2D eigenvalue weighted by Crippen LogP contribution is -2.49. The van der Waals surface area contributed by atoms with Crippen molar-refractivity contribution in [3.05, 3.63) is 34.4 Å². The molecule has 7 heteroatoms. The van der Waals surface area contributed by atoms with Gasteiger partial charge in [-0.1, -0.05) is 19.1 Å². The number of hydrogen-bond donors (Lipinski definition) is 2. The van der Waals surface area contributed by atoms with Crippen LogP contribution in [0.15, 0.2) is 24.3 Å². The third-order valence-electron chi connectivity index (χ3n) is 3.84. The Balaban J connectivity index is 1.95. The molecule has 1 saturated heterocycles. The Hall–Kier alpha value is -1.99. The van der Waals surface area contributed by atoms with Gasteiger partial charge in [-0.15, -0.1) is 0 Å². The van der Waals surface area contributed by atoms with Crippen LogP contribution in [0.5, 0.6) is 0 Å². The first-order valence-electron chi connectivity index (χ1n) is 6.98. The molecule has 1 amide bonds. The minimum atomic E-state index is -0.506. The Morgan fingerprint density at radius 1 is 1.52 bits per heavy atom. The molecule has 0 bridgehead atoms. The van der Waals surface area contributed by atoms with Gasteiger partial charge in [0.15, 0.2) is 0 Å². The second kappa shape index (κ2) is 6.64. The van der Waals surface area contributed by atoms with E-state index >= 15 is 0 Å². The lowest BCUT2D eigenvalue weighted by Gasteiger charge is -2.34. The van der Waals surface area contributed by atoms with Gasteiger partial charge in [0.25, 0.3) is 5.69 Å². The van der Waals surface area contributed by atoms with Crippen LogP contribution in [0.3, 0.4) is 0 Å². The number of nitrogens with two attached hydrogens (primary N) is 1. The van der Waals surface area contributed by atoms with Gasteiger partial charge in [-0.2, -0.15) is 0 Å². The molecule has 0 saturated carbocycles. The van der Waals surface area contributed by atoms with E-state index in [9.17, 15) is 14.9 Å². The first kappa shape index (κ1) is 15.4. The van der Waals surface area contributed by atoms with Gasteiger partial charge in [0.1, 0.15) is 5.69 Å². The summed E-state index contributed by atoms with van der Waals surface area (Å²) in [5, 5.41) is 13.5. The molecule has 0 aromatic heterocycles. The van der Waals surface area contributed by atoms with E-state index in [1.54, 1.807) is 12.1 Å². The summed E-state index contributed by atoms with van der Waals surface area (Å²) >= 11 is 0. The van der Waals surface area contributed by atoms with Crippen LogP contribution in [-0.2, 0) is 4.79 Å². The highest BCUT2D eigenvalue weighted by Gasteiger charge is 2.25. The molecule has 21 heavy (non-hydrogen) atoms. The predicted molar refractivity (Wildman–Crippen MR) is 79.9 cm³/mol. The summed E-state index contributed by atoms with van der Waals surface area (Å²) in [5.74, 6) is 0.200. The molecule has 1 heterocycles. The summed E-state index contributed by atoms with van der Waals surface area (Å²) < 4.78 is 0. The number of nitro groups is 1. The number of nitro benzene ring substituents is 1. The number of amides is 1. The van der Waals surface area contributed by atoms with Crippen LogP contribution in [-0.4, -0.2) is 41.4 Å². The van der Waals surface area contributed by atoms with Crippen LogP contribution in [0.25, 0.3) is 0 Å². The minimum Gasteiger partial charge on any atom is -0.326 e. The molecule has 7 nitrogen and oxygen atoms in total. The van der Waals surface area contributed by atoms with Crippen molar-refractivity contribution in [2.75, 3.05) is 25.0 Å². The summed E-state index contributed by atoms with van der Waals surface area (Å²) in [7, 11) is 0. The third kappa shape index (κ3) is 3.99. The third-order valence-corrected chi connectivity index (χ3v) is 3.84. The number of nitrogens with one attached hydrogen (secondary N) is 1. The number of carbonyl (C=O) groups excluding carboxylic acids is 1. The average molecular weight is 292 g/mol. The van der Waals surface area contributed by atoms with Crippen molar-refractivity contribution < 1.29 is 9.72 Å². The number of rotatable bonds is 4. The first-order chi connectivity index (χ1) is 9.97. The van der Waals surface area contributed by atoms with Crippen molar-refractivity contribution in [3.63, 3.8) is 0 Å². The Bertz CT molecular complexity index is 535. The Kier molecular flexibility index (Phi) is 4.87. The van der Waals surface area contributed by atoms with Crippen LogP contribution >= 0.6 is 0 Å². The fraction of sp³-hybridized carbons (Fsp3) is 0.500. The highest BCUT2D eigenvalue weighted by Crippen LogP contribution is 2.23. The van der Waals surface area contributed by atoms with Crippen molar-refractivity contribution in [1.82, 2.24) is 4.90 Å². The van der Waals surface area contributed by atoms with Gasteiger partial charge in [-0.25, -0.2) is 0 Å². The number of piperidine rings is 1. The van der Waals surface area contributed by atoms with Gasteiger partial charge in [0.2, 0.25) is 5.91 Å². The number of likely N-dealkylation sites (tertiary alicyclic amines) is 1. The SMILES string of the molecule is CC1CCN(CC(=O)Nc2ccccc2[N+](=O)[O-])CC1N. The lowest BCUT2D eigenvalue weighted by molar-refractivity contribution is -0.383. The van der Waals surface area contributed by atoms with Crippen molar-refractivity contribution >= 4 is 17.3 Å². The molecular weight excluding hydrogens is 272 g/mol. The van der Waals surface area contributed by atoms with Crippen LogP contribution in [0.1, 0.15) is 13.3 Å². The van der Waals surface area contributed by atoms with E-state index in [1.165, 1.54) is 12.1 Å². The fourth-order valence-electron chi connectivity index (χ4n) is 2.44. The van der Waals surface area contributed by atoms with Gasteiger partial charge >= 0.3 is 0 Å². The van der Waals surface area contributed by atoms with Crippen LogP contribution in [0, 0.1) is 16.0 Å². The molecule has 0 spiro atoms. The Labute approximate surface area is 123 Å². The molecule has 0 aliphatic carbocycles. The normalized spacial score (nSPS) is 22.8. The molecule has 1 aliphatic rings. The standard InChI is InChI=1S/C14H20N4O3/c1-10-6-7-17(8-11(10)15)9-14(19)16-12-4-2-3-5-13(12)18(20)21/h2-5,10-11H,6-9,15H2,1H3,(H,16,19). The Morgan fingerprint density at radius 3 is 2.90 bits per heavy atom. The van der Waals surface area contributed by atoms with Crippen molar-refractivity contribution in [2.24, 2.45) is 11.7 Å². The maximum Gasteiger partial charge on any atom is 0.292 e. The molecule has 1 aromatic carbocycles. The Morgan fingerprint density at radius 2 is 2.24 bits per heavy atom. The number of nitrogens with zero attached hydrogens (tertiary/aromatic N) is 2. The molecule has 2 atom stereocenters. The van der Waals surface area contributed by atoms with E-state index in [2.05, 4.69) is 12.2 Å². The fourth-order valence-corrected chi connectivity index (χ4v) is 2.44. The van der Waals surface area contributed by atoms with Crippen LogP contribution in [0.4, 0.5) is 11.4 Å². The molecule has 2 rings (SSSR count). The molecule has 1 aromatic rings. The van der Waals surface area contributed by atoms with Crippen molar-refractivity contribution in [3.8, 4) is 0 Å². The van der Waals surface area contributed by atoms with E-state index in [0.29, 0.717) is 12.5 Å². The maximum absolute atomic E-state index is 12.0. The maximum atomic E-state index is 12.0. The largest absolute Gasteiger partial charge is 0.326 e. The molecule has 1 fully saturated rings. The number of para-hydroxylation sites is 2. The smallest absolute Gasteiger partial charge is 0.292 e. The van der Waals surface area contributed by atoms with Gasteiger partial charge in [-0.05, 0) is 24.9 Å². The summed E-state index contributed by atoms with van der Waals surface area (Å²) in [6, 6.07) is 6.19. The predicted octanol–water partition coefficient (Wildman–Crippen LogP) is 1.20. The molecular formula is C14H20N4O3. The molecule has 114 valence electrons. The molecule has 1 aliphatic heterocycles. The highest BCUT2D eigenvalue weighted by molar-refractivity contribution is 5.94. The van der Waals surface area contributed by atoms with Gasteiger partial charge in [0.05, 0.1) is 11.5 Å². The van der Waals surface area contributed by atoms with Gasteiger partial charge < -0.3 is 11.1 Å². The van der Waals surface area contributed by atoms with Gasteiger partial charge in [-0.3, -0.25) is 19.8 Å². The quantitative estimate of drug-likeness (QED) is 0.641. The van der Waals surface area contributed by atoms with E-state index in [4.69, 9.17) is 5.73 Å². The second-order valence-electron chi connectivity index (χ2n) is 5.49. The number of anilines is 1. The number of carbonyl (C=O) groups is 1. The summed E-state index contributed by atoms with van der Waals surface area (Å²) in [6.07, 6.45) is 0.958. The van der Waals surface area contributed by atoms with E-state index < -0.39 is 4.92 Å². The zero-order valence-corrected chi connectivity index (χ0v) is 12.0. The zero-order valence-electron chi connectivity index (χ0n) is 12.0. The summed E-state index contributed by atoms with van der Waals surface area (Å²) in [5.41, 5.74) is 6.12. The average Bonchev–Trinajstić information content (AvgIpc) is 2.43. The minimum absolute atomic E-state index is 0.0672. The molecule has 0 radical (unpaired) electrons. The second-order valence-corrected chi connectivity index (χ2v) is 5.49. The van der Waals surface area contributed by atoms with Crippen LogP contribution < -0.4 is 11.1 Å². The summed E-state index contributed by atoms with van der Waals surface area (Å²) in [4.78, 5) is 24.4. The topological polar surface area (TPSA) is 102 Å². The lowest BCUT2D eigenvalue weighted by atomic mass is 9.94. The first-order valence-corrected chi connectivity index (χ1v) is 6.98. The van der Waals surface area contributed by atoms with Crippen molar-refractivity contribution in [2.45, 2.75) is 19.4 Å². The van der Waals surface area contributed by atoms with E-state index in [0.717, 1.165) is 13.0 Å². The van der Waals surface area contributed by atoms with E-state index in [1.807, 2.05) is 4.90 Å². The number of hydrogen-bond acceptors (Lipinski definition) is 5. The van der Waals surface area contributed by atoms with Crippen LogP contribution in [0.2, 0.25) is 0 Å². The number of benzene rings is 1. The highest BCUT2D eigenvalue weighted by atomic mass is 16.6. The van der Waals surface area contributed by atoms with Crippen molar-refractivity contribution in [1.29, 1.82) is 0 Å². The molecule has 3 N–H and O–H groups in total. The summed E-state index contributed by atoms with van der Waals surface area (Å²) in [6.45, 7) is 3.80. The zero-order chi connectivity index (χ0) is 15.4. The van der Waals surface area contributed by atoms with E-state index in [-0.39, 0.29) is 29.9 Å².